The largest absolute Gasteiger partial charge is 0.504 e. The second kappa shape index (κ2) is 8.05. The van der Waals surface area contributed by atoms with Crippen LogP contribution >= 0.6 is 0 Å². The average Bonchev–Trinajstić information content (AvgIpc) is 3.10. The van der Waals surface area contributed by atoms with Gasteiger partial charge in [-0.15, -0.1) is 0 Å². The zero-order chi connectivity index (χ0) is 19.2. The third-order valence-corrected chi connectivity index (χ3v) is 3.73. The highest BCUT2D eigenvalue weighted by molar-refractivity contribution is 5.95. The molecule has 0 spiro atoms. The van der Waals surface area contributed by atoms with E-state index >= 15 is 0 Å². The van der Waals surface area contributed by atoms with Crippen molar-refractivity contribution in [1.29, 1.82) is 0 Å². The van der Waals surface area contributed by atoms with Crippen LogP contribution in [0.5, 0.6) is 17.2 Å². The van der Waals surface area contributed by atoms with Crippen LogP contribution in [0, 0.1) is 0 Å². The lowest BCUT2D eigenvalue weighted by Crippen LogP contribution is -2.18. The van der Waals surface area contributed by atoms with Gasteiger partial charge in [0.2, 0.25) is 0 Å². The summed E-state index contributed by atoms with van der Waals surface area (Å²) in [5, 5.41) is 18.0. The molecule has 2 aromatic carbocycles. The number of rotatable bonds is 6. The van der Waals surface area contributed by atoms with Crippen molar-refractivity contribution in [3.8, 4) is 22.9 Å². The van der Waals surface area contributed by atoms with Gasteiger partial charge in [-0.1, -0.05) is 24.3 Å². The van der Waals surface area contributed by atoms with Gasteiger partial charge in [-0.2, -0.15) is 10.2 Å². The van der Waals surface area contributed by atoms with E-state index in [2.05, 4.69) is 15.6 Å². The van der Waals surface area contributed by atoms with E-state index in [1.165, 1.54) is 31.3 Å². The first-order chi connectivity index (χ1) is 13.1. The van der Waals surface area contributed by atoms with Crippen LogP contribution in [0.15, 0.2) is 59.8 Å². The second-order valence-electron chi connectivity index (χ2n) is 5.42. The van der Waals surface area contributed by atoms with Crippen LogP contribution in [-0.4, -0.2) is 41.2 Å². The summed E-state index contributed by atoms with van der Waals surface area (Å²) in [5.41, 5.74) is 3.55. The number of carbonyl (C=O) groups excluding carboxylic acids is 1. The molecule has 8 heteroatoms. The summed E-state index contributed by atoms with van der Waals surface area (Å²) < 4.78 is 11.9. The van der Waals surface area contributed by atoms with E-state index in [9.17, 15) is 9.90 Å². The molecular formula is C19H18N4O4. The third-order valence-electron chi connectivity index (χ3n) is 3.73. The van der Waals surface area contributed by atoms with Gasteiger partial charge in [0.15, 0.2) is 22.9 Å². The smallest absolute Gasteiger partial charge is 0.295 e. The maximum absolute atomic E-state index is 12.3. The van der Waals surface area contributed by atoms with E-state index in [1.807, 2.05) is 18.2 Å². The van der Waals surface area contributed by atoms with Gasteiger partial charge in [0.25, 0.3) is 5.91 Å². The van der Waals surface area contributed by atoms with E-state index in [4.69, 9.17) is 9.47 Å². The Bertz CT molecular complexity index is 967. The van der Waals surface area contributed by atoms with Gasteiger partial charge in [-0.25, -0.2) is 10.1 Å². The first-order valence-corrected chi connectivity index (χ1v) is 8.02. The number of nitrogens with one attached hydrogen (secondary N) is 1. The number of aromatic hydroxyl groups is 1. The molecule has 0 fully saturated rings. The molecule has 1 heterocycles. The fourth-order valence-corrected chi connectivity index (χ4v) is 2.47. The molecule has 0 aliphatic carbocycles. The standard InChI is InChI=1S/C19H18N4O4/c1-26-16-10-6-7-13(18(16)27-2)11-20-21-19(25)17-15(24)12-23(22-17)14-8-4-3-5-9-14/h3-12,24H,1-2H3,(H,21,25)/b20-11+. The molecule has 2 N–H and O–H groups in total. The van der Waals surface area contributed by atoms with Crippen LogP contribution in [0.25, 0.3) is 5.69 Å². The summed E-state index contributed by atoms with van der Waals surface area (Å²) in [4.78, 5) is 12.3. The van der Waals surface area contributed by atoms with Crippen LogP contribution in [-0.2, 0) is 0 Å². The van der Waals surface area contributed by atoms with Gasteiger partial charge in [0, 0.05) is 5.56 Å². The van der Waals surface area contributed by atoms with Gasteiger partial charge in [0.05, 0.1) is 32.3 Å². The molecule has 0 aliphatic rings. The minimum absolute atomic E-state index is 0.131. The van der Waals surface area contributed by atoms with Crippen LogP contribution in [0.4, 0.5) is 0 Å². The Morgan fingerprint density at radius 3 is 2.63 bits per heavy atom. The van der Waals surface area contributed by atoms with E-state index in [1.54, 1.807) is 30.3 Å². The molecule has 0 bridgehead atoms. The van der Waals surface area contributed by atoms with Crippen LogP contribution in [0.3, 0.4) is 0 Å². The SMILES string of the molecule is COc1cccc(/C=N/NC(=O)c2nn(-c3ccccc3)cc2O)c1OC. The van der Waals surface area contributed by atoms with Crippen molar-refractivity contribution >= 4 is 12.1 Å². The second-order valence-corrected chi connectivity index (χ2v) is 5.42. The minimum atomic E-state index is -0.639. The molecule has 0 radical (unpaired) electrons. The lowest BCUT2D eigenvalue weighted by Gasteiger charge is -2.09. The van der Waals surface area contributed by atoms with Crippen LogP contribution in [0.1, 0.15) is 16.1 Å². The monoisotopic (exact) mass is 366 g/mol. The van der Waals surface area contributed by atoms with Crippen molar-refractivity contribution < 1.29 is 19.4 Å². The zero-order valence-corrected chi connectivity index (χ0v) is 14.8. The zero-order valence-electron chi connectivity index (χ0n) is 14.8. The predicted octanol–water partition coefficient (Wildman–Crippen LogP) is 2.36. The van der Waals surface area contributed by atoms with E-state index < -0.39 is 5.91 Å². The number of aromatic nitrogens is 2. The number of nitrogens with zero attached hydrogens (tertiary/aromatic N) is 3. The number of amides is 1. The highest BCUT2D eigenvalue weighted by Gasteiger charge is 2.16. The number of benzene rings is 2. The summed E-state index contributed by atoms with van der Waals surface area (Å²) >= 11 is 0. The Kier molecular flexibility index (Phi) is 5.36. The molecule has 3 aromatic rings. The number of methoxy groups -OCH3 is 2. The highest BCUT2D eigenvalue weighted by Crippen LogP contribution is 2.29. The van der Waals surface area contributed by atoms with Gasteiger partial charge in [-0.05, 0) is 24.3 Å². The Balaban J connectivity index is 1.75. The van der Waals surface area contributed by atoms with Gasteiger partial charge >= 0.3 is 0 Å². The number of carbonyl (C=O) groups is 1. The van der Waals surface area contributed by atoms with E-state index in [-0.39, 0.29) is 11.4 Å². The Morgan fingerprint density at radius 1 is 1.15 bits per heavy atom. The number of hydrogen-bond acceptors (Lipinski definition) is 6. The van der Waals surface area contributed by atoms with E-state index in [0.29, 0.717) is 17.1 Å². The normalized spacial score (nSPS) is 10.7. The summed E-state index contributed by atoms with van der Waals surface area (Å²) in [7, 11) is 3.05. The number of hydrazone groups is 1. The molecule has 8 nitrogen and oxygen atoms in total. The quantitative estimate of drug-likeness (QED) is 0.515. The fourth-order valence-electron chi connectivity index (χ4n) is 2.47. The molecule has 0 aliphatic heterocycles. The third kappa shape index (κ3) is 3.90. The minimum Gasteiger partial charge on any atom is -0.504 e. The molecule has 138 valence electrons. The predicted molar refractivity (Wildman–Crippen MR) is 99.8 cm³/mol. The summed E-state index contributed by atoms with van der Waals surface area (Å²) in [6.45, 7) is 0. The van der Waals surface area contributed by atoms with Crippen molar-refractivity contribution in [3.05, 3.63) is 66.0 Å². The number of ether oxygens (including phenoxy) is 2. The van der Waals surface area contributed by atoms with Crippen molar-refractivity contribution in [2.75, 3.05) is 14.2 Å². The van der Waals surface area contributed by atoms with Gasteiger partial charge in [0.1, 0.15) is 0 Å². The molecule has 1 aromatic heterocycles. The Hall–Kier alpha value is -3.81. The number of hydrogen-bond donors (Lipinski definition) is 2. The molecule has 0 unspecified atom stereocenters. The highest BCUT2D eigenvalue weighted by atomic mass is 16.5. The number of para-hydroxylation sites is 2. The Morgan fingerprint density at radius 2 is 1.93 bits per heavy atom. The fraction of sp³-hybridized carbons (Fsp3) is 0.105. The first-order valence-electron chi connectivity index (χ1n) is 8.02. The molecule has 0 saturated heterocycles. The molecule has 27 heavy (non-hydrogen) atoms. The van der Waals surface area contributed by atoms with Crippen LogP contribution in [0.2, 0.25) is 0 Å². The first kappa shape index (κ1) is 18.0. The van der Waals surface area contributed by atoms with Crippen molar-refractivity contribution in [3.63, 3.8) is 0 Å². The lowest BCUT2D eigenvalue weighted by atomic mass is 10.2. The summed E-state index contributed by atoms with van der Waals surface area (Å²) in [5.74, 6) is 0.159. The molecule has 3 rings (SSSR count). The lowest BCUT2D eigenvalue weighted by molar-refractivity contribution is 0.0947. The topological polar surface area (TPSA) is 98.0 Å². The molecule has 0 atom stereocenters. The van der Waals surface area contributed by atoms with E-state index in [0.717, 1.165) is 5.69 Å². The van der Waals surface area contributed by atoms with Gasteiger partial charge in [-0.3, -0.25) is 4.79 Å². The summed E-state index contributed by atoms with van der Waals surface area (Å²) in [6, 6.07) is 14.4. The molecular weight excluding hydrogens is 348 g/mol. The maximum Gasteiger partial charge on any atom is 0.295 e. The molecule has 1 amide bonds. The average molecular weight is 366 g/mol. The van der Waals surface area contributed by atoms with Crippen LogP contribution < -0.4 is 14.9 Å². The van der Waals surface area contributed by atoms with Crippen molar-refractivity contribution in [2.24, 2.45) is 5.10 Å². The van der Waals surface area contributed by atoms with Crippen molar-refractivity contribution in [2.45, 2.75) is 0 Å². The van der Waals surface area contributed by atoms with Gasteiger partial charge < -0.3 is 14.6 Å². The molecule has 0 saturated carbocycles. The Labute approximate surface area is 155 Å². The maximum atomic E-state index is 12.3. The summed E-state index contributed by atoms with van der Waals surface area (Å²) in [6.07, 6.45) is 2.78. The van der Waals surface area contributed by atoms with Crippen molar-refractivity contribution in [1.82, 2.24) is 15.2 Å².